The molecule has 2 saturated carbocycles. The third-order valence-electron chi connectivity index (χ3n) is 5.64. The maximum atomic E-state index is 9.75. The Labute approximate surface area is 156 Å². The summed E-state index contributed by atoms with van der Waals surface area (Å²) in [6, 6.07) is 7.10. The first-order valence-electron chi connectivity index (χ1n) is 9.93. The van der Waals surface area contributed by atoms with Crippen LogP contribution in [0.25, 0.3) is 0 Å². The Balaban J connectivity index is 0.000000431. The Hall–Kier alpha value is -0.635. The molecule has 1 nitrogen and oxygen atoms in total. The van der Waals surface area contributed by atoms with Gasteiger partial charge in [-0.2, -0.15) is 0 Å². The van der Waals surface area contributed by atoms with Crippen LogP contribution in [-0.4, -0.2) is 24.7 Å². The van der Waals surface area contributed by atoms with Crippen LogP contribution in [-0.2, 0) is 0 Å². The highest BCUT2D eigenvalue weighted by molar-refractivity contribution is 7.59. The molecule has 0 bridgehead atoms. The summed E-state index contributed by atoms with van der Waals surface area (Å²) in [7, 11) is -5.70. The fourth-order valence-electron chi connectivity index (χ4n) is 4.33. The summed E-state index contributed by atoms with van der Waals surface area (Å²) in [6.07, 6.45) is 19.6. The third kappa shape index (κ3) is 7.94. The Morgan fingerprint density at radius 1 is 0.885 bits per heavy atom. The Bertz CT molecular complexity index is 480. The average molecular weight is 391 g/mol. The molecule has 0 amide bonds. The lowest BCUT2D eigenvalue weighted by atomic mass is 10.2. The van der Waals surface area contributed by atoms with Crippen molar-refractivity contribution in [2.24, 2.45) is 0 Å². The largest absolute Gasteiger partial charge is 0.673 e. The quantitative estimate of drug-likeness (QED) is 0.223. The fourth-order valence-corrected chi connectivity index (χ4v) is 8.38. The summed E-state index contributed by atoms with van der Waals surface area (Å²) in [5, 5.41) is 0. The molecule has 2 fully saturated rings. The van der Waals surface area contributed by atoms with Crippen LogP contribution >= 0.6 is 7.92 Å². The molecule has 1 aromatic heterocycles. The molecule has 7 heteroatoms. The van der Waals surface area contributed by atoms with E-state index in [4.69, 9.17) is 0 Å². The SMILES string of the molecule is CC(CCP(C1CCCC1)C1CCCC1)[n+]1ccccc1.F[B-](F)(F)F. The zero-order valence-corrected chi connectivity index (χ0v) is 16.6. The number of pyridine rings is 1. The molecule has 0 spiro atoms. The molecule has 2 aliphatic rings. The first-order chi connectivity index (χ1) is 12.3. The van der Waals surface area contributed by atoms with Gasteiger partial charge in [-0.15, -0.1) is 7.92 Å². The highest BCUT2D eigenvalue weighted by atomic mass is 31.1. The van der Waals surface area contributed by atoms with Crippen molar-refractivity contribution in [3.8, 4) is 0 Å². The number of halogens is 4. The van der Waals surface area contributed by atoms with E-state index in [1.165, 1.54) is 38.3 Å². The summed E-state index contributed by atoms with van der Waals surface area (Å²) in [4.78, 5) is 0. The summed E-state index contributed by atoms with van der Waals surface area (Å²) in [6.45, 7) is 2.40. The fraction of sp³-hybridized carbons (Fsp3) is 0.737. The van der Waals surface area contributed by atoms with Crippen molar-refractivity contribution < 1.29 is 21.8 Å². The maximum Gasteiger partial charge on any atom is 0.673 e. The van der Waals surface area contributed by atoms with E-state index >= 15 is 0 Å². The average Bonchev–Trinajstić information content (AvgIpc) is 3.28. The van der Waals surface area contributed by atoms with Gasteiger partial charge in [0, 0.05) is 18.6 Å². The van der Waals surface area contributed by atoms with Crippen LogP contribution in [0.5, 0.6) is 0 Å². The van der Waals surface area contributed by atoms with Crippen LogP contribution in [0, 0.1) is 0 Å². The van der Waals surface area contributed by atoms with E-state index in [-0.39, 0.29) is 0 Å². The highest BCUT2D eigenvalue weighted by Gasteiger charge is 2.33. The second kappa shape index (κ2) is 10.6. The molecule has 26 heavy (non-hydrogen) atoms. The normalized spacial score (nSPS) is 20.2. The molecule has 1 unspecified atom stereocenters. The van der Waals surface area contributed by atoms with Gasteiger partial charge >= 0.3 is 7.25 Å². The van der Waals surface area contributed by atoms with Crippen molar-refractivity contribution in [2.45, 2.75) is 82.1 Å². The van der Waals surface area contributed by atoms with Crippen LogP contribution in [0.2, 0.25) is 0 Å². The number of nitrogens with zero attached hydrogens (tertiary/aromatic N) is 1. The minimum Gasteiger partial charge on any atom is -0.418 e. The molecule has 1 atom stereocenters. The number of rotatable bonds is 6. The molecule has 0 radical (unpaired) electrons. The first kappa shape index (κ1) is 21.7. The number of hydrogen-bond donors (Lipinski definition) is 0. The van der Waals surface area contributed by atoms with Crippen molar-refractivity contribution in [3.05, 3.63) is 30.6 Å². The van der Waals surface area contributed by atoms with Gasteiger partial charge in [0.1, 0.15) is 0 Å². The zero-order valence-electron chi connectivity index (χ0n) is 15.7. The lowest BCUT2D eigenvalue weighted by Crippen LogP contribution is -2.37. The van der Waals surface area contributed by atoms with E-state index in [1.807, 2.05) is 0 Å². The van der Waals surface area contributed by atoms with E-state index < -0.39 is 7.25 Å². The van der Waals surface area contributed by atoms with E-state index in [2.05, 4.69) is 42.1 Å². The smallest absolute Gasteiger partial charge is 0.418 e. The minimum atomic E-state index is -6.00. The van der Waals surface area contributed by atoms with Crippen LogP contribution in [0.1, 0.15) is 70.8 Å². The van der Waals surface area contributed by atoms with Gasteiger partial charge in [0.15, 0.2) is 18.4 Å². The van der Waals surface area contributed by atoms with Gasteiger partial charge in [0.2, 0.25) is 0 Å². The van der Waals surface area contributed by atoms with Crippen LogP contribution < -0.4 is 4.57 Å². The molecule has 1 heterocycles. The second-order valence-electron chi connectivity index (χ2n) is 7.57. The van der Waals surface area contributed by atoms with Gasteiger partial charge in [-0.25, -0.2) is 4.57 Å². The van der Waals surface area contributed by atoms with Crippen LogP contribution in [0.15, 0.2) is 30.6 Å². The molecule has 0 aliphatic heterocycles. The standard InChI is InChI=1S/C19H31NP.BF4/c1-17(20-14-7-2-8-15-20)13-16-21(18-9-3-4-10-18)19-11-5-6-12-19;2-1(3,4)5/h2,7-8,14-15,17-19H,3-6,9-13,16H2,1H3;/q+1;-1. The van der Waals surface area contributed by atoms with E-state index in [0.717, 1.165) is 11.3 Å². The topological polar surface area (TPSA) is 3.88 Å². The highest BCUT2D eigenvalue weighted by Crippen LogP contribution is 2.57. The monoisotopic (exact) mass is 391 g/mol. The molecule has 148 valence electrons. The Morgan fingerprint density at radius 3 is 1.73 bits per heavy atom. The van der Waals surface area contributed by atoms with E-state index in [0.29, 0.717) is 14.0 Å². The van der Waals surface area contributed by atoms with Gasteiger partial charge < -0.3 is 17.3 Å². The van der Waals surface area contributed by atoms with Crippen molar-refractivity contribution >= 4 is 15.2 Å². The van der Waals surface area contributed by atoms with Crippen molar-refractivity contribution in [1.82, 2.24) is 0 Å². The van der Waals surface area contributed by atoms with Gasteiger partial charge in [-0.05, 0) is 50.1 Å². The predicted octanol–water partition coefficient (Wildman–Crippen LogP) is 6.59. The summed E-state index contributed by atoms with van der Waals surface area (Å²) < 4.78 is 41.4. The van der Waals surface area contributed by atoms with Crippen molar-refractivity contribution in [1.29, 1.82) is 0 Å². The molecule has 0 N–H and O–H groups in total. The molecule has 1 aromatic rings. The number of hydrogen-bond acceptors (Lipinski definition) is 0. The first-order valence-corrected chi connectivity index (χ1v) is 11.6. The van der Waals surface area contributed by atoms with E-state index in [1.54, 1.807) is 25.7 Å². The van der Waals surface area contributed by atoms with Crippen molar-refractivity contribution in [2.75, 3.05) is 6.16 Å². The minimum absolute atomic E-state index is 0.301. The van der Waals surface area contributed by atoms with Crippen LogP contribution in [0.4, 0.5) is 17.3 Å². The molecule has 0 saturated heterocycles. The molecular weight excluding hydrogens is 360 g/mol. The molecule has 2 aliphatic carbocycles. The second-order valence-corrected chi connectivity index (χ2v) is 10.5. The van der Waals surface area contributed by atoms with Crippen molar-refractivity contribution in [3.63, 3.8) is 0 Å². The Kier molecular flexibility index (Phi) is 8.86. The van der Waals surface area contributed by atoms with Crippen LogP contribution in [0.3, 0.4) is 0 Å². The van der Waals surface area contributed by atoms with E-state index in [9.17, 15) is 17.3 Å². The molecular formula is C19H31BF4NP. The lowest BCUT2D eigenvalue weighted by Gasteiger charge is -2.30. The summed E-state index contributed by atoms with van der Waals surface area (Å²) >= 11 is 0. The summed E-state index contributed by atoms with van der Waals surface area (Å²) in [5.74, 6) is 0. The molecule has 3 rings (SSSR count). The molecule has 0 aromatic carbocycles. The third-order valence-corrected chi connectivity index (χ3v) is 9.32. The Morgan fingerprint density at radius 2 is 1.31 bits per heavy atom. The van der Waals surface area contributed by atoms with Gasteiger partial charge in [-0.1, -0.05) is 31.7 Å². The zero-order chi connectivity index (χ0) is 19.0. The number of aromatic nitrogens is 1. The van der Waals surface area contributed by atoms with Gasteiger partial charge in [-0.3, -0.25) is 0 Å². The summed E-state index contributed by atoms with van der Waals surface area (Å²) in [5.41, 5.74) is 2.24. The lowest BCUT2D eigenvalue weighted by molar-refractivity contribution is -0.719. The van der Waals surface area contributed by atoms with Gasteiger partial charge in [0.05, 0.1) is 0 Å². The maximum absolute atomic E-state index is 9.75. The predicted molar refractivity (Wildman–Crippen MR) is 102 cm³/mol. The van der Waals surface area contributed by atoms with Gasteiger partial charge in [0.25, 0.3) is 0 Å².